The number of hydrogen-bond acceptors (Lipinski definition) is 9. The number of alkyl carbamates (subject to hydrolysis) is 1. The van der Waals surface area contributed by atoms with Crippen LogP contribution in [0.15, 0.2) is 30.5 Å². The number of nitrogens with one attached hydrogen (secondary N) is 1. The van der Waals surface area contributed by atoms with Gasteiger partial charge in [-0.15, -0.1) is 5.10 Å². The lowest BCUT2D eigenvalue weighted by molar-refractivity contribution is -0.0588. The summed E-state index contributed by atoms with van der Waals surface area (Å²) in [6.07, 6.45) is 0.803. The fourth-order valence-electron chi connectivity index (χ4n) is 3.52. The second kappa shape index (κ2) is 8.62. The molecule has 0 spiro atoms. The molecule has 3 amide bonds. The van der Waals surface area contributed by atoms with Gasteiger partial charge < -0.3 is 19.6 Å². The second-order valence-corrected chi connectivity index (χ2v) is 8.66. The Morgan fingerprint density at radius 1 is 1.15 bits per heavy atom. The zero-order chi connectivity index (χ0) is 23.8. The topological polar surface area (TPSA) is 142 Å². The van der Waals surface area contributed by atoms with Crippen molar-refractivity contribution in [2.75, 3.05) is 19.8 Å². The molecule has 12 heteroatoms. The first-order chi connectivity index (χ1) is 15.6. The van der Waals surface area contributed by atoms with Gasteiger partial charge in [-0.25, -0.2) is 14.3 Å². The molecule has 174 valence electrons. The molecule has 2 aromatic rings. The molecule has 1 N–H and O–H groups in total. The van der Waals surface area contributed by atoms with E-state index in [1.807, 2.05) is 0 Å². The molecular formula is C21H23N5O7. The van der Waals surface area contributed by atoms with Gasteiger partial charge in [-0.1, -0.05) is 22.4 Å². The third-order valence-electron chi connectivity index (χ3n) is 5.06. The van der Waals surface area contributed by atoms with Crippen LogP contribution in [0.3, 0.4) is 0 Å². The van der Waals surface area contributed by atoms with Crippen molar-refractivity contribution >= 4 is 23.9 Å². The van der Waals surface area contributed by atoms with E-state index in [9.17, 15) is 19.2 Å². The molecule has 4 rings (SSSR count). The van der Waals surface area contributed by atoms with E-state index in [1.165, 1.54) is 23.0 Å². The Hall–Kier alpha value is -3.80. The molecule has 1 aromatic heterocycles. The molecule has 1 aromatic carbocycles. The Kier molecular flexibility index (Phi) is 5.85. The van der Waals surface area contributed by atoms with E-state index < -0.39 is 29.5 Å². The molecule has 1 fully saturated rings. The highest BCUT2D eigenvalue weighted by Crippen LogP contribution is 2.26. The number of ether oxygens (including phenoxy) is 2. The van der Waals surface area contributed by atoms with Crippen molar-refractivity contribution in [1.29, 1.82) is 0 Å². The minimum Gasteiger partial charge on any atom is -0.444 e. The van der Waals surface area contributed by atoms with Gasteiger partial charge in [0, 0.05) is 12.5 Å². The van der Waals surface area contributed by atoms with E-state index in [-0.39, 0.29) is 35.3 Å². The highest BCUT2D eigenvalue weighted by atomic mass is 16.7. The van der Waals surface area contributed by atoms with Crippen molar-refractivity contribution in [3.63, 3.8) is 0 Å². The summed E-state index contributed by atoms with van der Waals surface area (Å²) in [7, 11) is 0. The molecule has 0 bridgehead atoms. The van der Waals surface area contributed by atoms with E-state index >= 15 is 0 Å². The van der Waals surface area contributed by atoms with Gasteiger partial charge in [-0.05, 0) is 32.9 Å². The largest absolute Gasteiger partial charge is 0.444 e. The van der Waals surface area contributed by atoms with Crippen LogP contribution in [-0.4, -0.2) is 69.3 Å². The lowest BCUT2D eigenvalue weighted by Crippen LogP contribution is -2.37. The first-order valence-corrected chi connectivity index (χ1v) is 10.3. The summed E-state index contributed by atoms with van der Waals surface area (Å²) in [6.45, 7) is 6.25. The van der Waals surface area contributed by atoms with Crippen molar-refractivity contribution < 1.29 is 33.5 Å². The Morgan fingerprint density at radius 2 is 1.82 bits per heavy atom. The van der Waals surface area contributed by atoms with Crippen molar-refractivity contribution in [3.8, 4) is 0 Å². The maximum atomic E-state index is 12.5. The first-order valence-electron chi connectivity index (χ1n) is 10.3. The zero-order valence-corrected chi connectivity index (χ0v) is 18.3. The molecule has 0 unspecified atom stereocenters. The number of carbonyl (C=O) groups excluding carboxylic acids is 4. The van der Waals surface area contributed by atoms with Crippen LogP contribution in [0.4, 0.5) is 4.79 Å². The van der Waals surface area contributed by atoms with Crippen LogP contribution in [-0.2, 0) is 14.3 Å². The van der Waals surface area contributed by atoms with Crippen molar-refractivity contribution in [2.45, 2.75) is 32.4 Å². The number of fused-ring (bicyclic) bond motifs is 1. The maximum Gasteiger partial charge on any atom is 0.407 e. The van der Waals surface area contributed by atoms with Gasteiger partial charge in [0.1, 0.15) is 5.60 Å². The van der Waals surface area contributed by atoms with Gasteiger partial charge in [0.2, 0.25) is 0 Å². The Labute approximate surface area is 188 Å². The average Bonchev–Trinajstić information content (AvgIpc) is 3.47. The molecule has 12 nitrogen and oxygen atoms in total. The van der Waals surface area contributed by atoms with Gasteiger partial charge >= 0.3 is 12.1 Å². The molecule has 2 atom stereocenters. The van der Waals surface area contributed by atoms with Crippen LogP contribution in [0.2, 0.25) is 0 Å². The summed E-state index contributed by atoms with van der Waals surface area (Å²) in [5, 5.41) is 10.9. The van der Waals surface area contributed by atoms with Crippen LogP contribution < -0.4 is 5.32 Å². The quantitative estimate of drug-likeness (QED) is 0.659. The van der Waals surface area contributed by atoms with Crippen LogP contribution >= 0.6 is 0 Å². The predicted molar refractivity (Wildman–Crippen MR) is 110 cm³/mol. The Morgan fingerprint density at radius 3 is 2.45 bits per heavy atom. The zero-order valence-electron chi connectivity index (χ0n) is 18.3. The number of rotatable bonds is 5. The van der Waals surface area contributed by atoms with Crippen molar-refractivity contribution in [2.24, 2.45) is 5.92 Å². The van der Waals surface area contributed by atoms with Crippen LogP contribution in [0.5, 0.6) is 0 Å². The fourth-order valence-corrected chi connectivity index (χ4v) is 3.52. The molecule has 3 heterocycles. The number of hydroxylamine groups is 2. The minimum absolute atomic E-state index is 0.140. The van der Waals surface area contributed by atoms with Crippen molar-refractivity contribution in [1.82, 2.24) is 25.4 Å². The highest BCUT2D eigenvalue weighted by Gasteiger charge is 2.39. The third kappa shape index (κ3) is 4.70. The SMILES string of the molecule is CC(C)(C)OC(=O)NC[C@@H]1COC[C@H]1n1cc(C(=O)ON2C(=O)c3ccccc3C2=O)nn1. The van der Waals surface area contributed by atoms with Gasteiger partial charge in [0.15, 0.2) is 5.69 Å². The molecule has 0 saturated carbocycles. The summed E-state index contributed by atoms with van der Waals surface area (Å²) in [4.78, 5) is 54.2. The Balaban J connectivity index is 1.38. The summed E-state index contributed by atoms with van der Waals surface area (Å²) in [6, 6.07) is 5.88. The van der Waals surface area contributed by atoms with Crippen LogP contribution in [0.1, 0.15) is 58.0 Å². The number of benzene rings is 1. The van der Waals surface area contributed by atoms with E-state index in [0.29, 0.717) is 18.3 Å². The lowest BCUT2D eigenvalue weighted by atomic mass is 10.0. The van der Waals surface area contributed by atoms with E-state index in [1.54, 1.807) is 32.9 Å². The number of aromatic nitrogens is 3. The van der Waals surface area contributed by atoms with E-state index in [4.69, 9.17) is 14.3 Å². The monoisotopic (exact) mass is 457 g/mol. The van der Waals surface area contributed by atoms with Gasteiger partial charge in [0.25, 0.3) is 11.8 Å². The van der Waals surface area contributed by atoms with E-state index in [2.05, 4.69) is 15.6 Å². The lowest BCUT2D eigenvalue weighted by Gasteiger charge is -2.22. The average molecular weight is 457 g/mol. The second-order valence-electron chi connectivity index (χ2n) is 8.66. The molecule has 0 radical (unpaired) electrons. The highest BCUT2D eigenvalue weighted by molar-refractivity contribution is 6.21. The fraction of sp³-hybridized carbons (Fsp3) is 0.429. The predicted octanol–water partition coefficient (Wildman–Crippen LogP) is 1.36. The molecule has 2 aliphatic heterocycles. The smallest absolute Gasteiger partial charge is 0.407 e. The van der Waals surface area contributed by atoms with E-state index in [0.717, 1.165) is 0 Å². The summed E-state index contributed by atoms with van der Waals surface area (Å²) < 4.78 is 12.2. The van der Waals surface area contributed by atoms with Gasteiger partial charge in [-0.3, -0.25) is 9.59 Å². The maximum absolute atomic E-state index is 12.5. The number of amides is 3. The third-order valence-corrected chi connectivity index (χ3v) is 5.06. The number of carbonyl (C=O) groups is 4. The first kappa shape index (κ1) is 22.4. The number of nitrogens with zero attached hydrogens (tertiary/aromatic N) is 4. The molecule has 2 aliphatic rings. The molecular weight excluding hydrogens is 434 g/mol. The summed E-state index contributed by atoms with van der Waals surface area (Å²) >= 11 is 0. The molecule has 1 saturated heterocycles. The van der Waals surface area contributed by atoms with Gasteiger partial charge in [0.05, 0.1) is 36.6 Å². The number of hydrogen-bond donors (Lipinski definition) is 1. The normalized spacial score (nSPS) is 20.0. The van der Waals surface area contributed by atoms with Gasteiger partial charge in [-0.2, -0.15) is 0 Å². The summed E-state index contributed by atoms with van der Waals surface area (Å²) in [5.74, 6) is -2.60. The van der Waals surface area contributed by atoms with Crippen LogP contribution in [0, 0.1) is 5.92 Å². The molecule has 0 aliphatic carbocycles. The Bertz CT molecular complexity index is 1070. The van der Waals surface area contributed by atoms with Crippen LogP contribution in [0.25, 0.3) is 0 Å². The molecule has 33 heavy (non-hydrogen) atoms. The van der Waals surface area contributed by atoms with Crippen molar-refractivity contribution in [3.05, 3.63) is 47.3 Å². The standard InChI is InChI=1S/C21H23N5O7/c1-21(2,3)32-20(30)22-8-12-10-31-11-16(12)25-9-15(23-24-25)19(29)33-26-17(27)13-6-4-5-7-14(13)18(26)28/h4-7,9,12,16H,8,10-11H2,1-3H3,(H,22,30)/t12-,16-/m1/s1. The summed E-state index contributed by atoms with van der Waals surface area (Å²) in [5.41, 5.74) is -0.488. The number of imide groups is 1. The minimum atomic E-state index is -1.00.